The molecule has 2 spiro atoms. The third kappa shape index (κ3) is 9.71. The summed E-state index contributed by atoms with van der Waals surface area (Å²) in [5, 5.41) is 0. The largest absolute Gasteiger partial charge is 0.372 e. The van der Waals surface area contributed by atoms with Gasteiger partial charge in [0.25, 0.3) is 0 Å². The van der Waals surface area contributed by atoms with Gasteiger partial charge in [-0.05, 0) is 96.3 Å². The number of nitrogens with zero attached hydrogens (tertiary/aromatic N) is 3. The minimum Gasteiger partial charge on any atom is -0.372 e. The average Bonchev–Trinajstić information content (AvgIpc) is 3.24. The first-order valence-corrected chi connectivity index (χ1v) is 15.2. The van der Waals surface area contributed by atoms with Crippen LogP contribution in [0, 0.1) is 11.3 Å². The SMILES string of the molecule is CC.CC.CCCN1CCC2(CCC(C)C2)CC1.CCN1CCC2(CC1)CN(C(C)C)CCO2. The first-order valence-electron chi connectivity index (χ1n) is 15.2. The summed E-state index contributed by atoms with van der Waals surface area (Å²) in [4.78, 5) is 7.77. The molecule has 0 N–H and O–H groups in total. The van der Waals surface area contributed by atoms with E-state index in [1.54, 1.807) is 0 Å². The van der Waals surface area contributed by atoms with Crippen LogP contribution in [0.4, 0.5) is 0 Å². The van der Waals surface area contributed by atoms with Gasteiger partial charge >= 0.3 is 0 Å². The van der Waals surface area contributed by atoms with Gasteiger partial charge < -0.3 is 14.5 Å². The highest BCUT2D eigenvalue weighted by Gasteiger charge is 2.40. The van der Waals surface area contributed by atoms with E-state index in [0.717, 1.165) is 31.0 Å². The molecule has 0 amide bonds. The molecule has 34 heavy (non-hydrogen) atoms. The fraction of sp³-hybridized carbons (Fsp3) is 1.00. The predicted molar refractivity (Wildman–Crippen MR) is 151 cm³/mol. The summed E-state index contributed by atoms with van der Waals surface area (Å²) in [6, 6.07) is 0.657. The maximum absolute atomic E-state index is 6.11. The zero-order valence-corrected chi connectivity index (χ0v) is 24.9. The third-order valence-corrected chi connectivity index (χ3v) is 8.63. The first kappa shape index (κ1) is 31.9. The Hall–Kier alpha value is -0.160. The molecule has 4 rings (SSSR count). The quantitative estimate of drug-likeness (QED) is 0.433. The van der Waals surface area contributed by atoms with Crippen molar-refractivity contribution in [1.82, 2.24) is 14.7 Å². The van der Waals surface area contributed by atoms with Crippen LogP contribution in [0.2, 0.25) is 0 Å². The lowest BCUT2D eigenvalue weighted by Gasteiger charge is -2.48. The van der Waals surface area contributed by atoms with E-state index in [1.807, 2.05) is 27.7 Å². The van der Waals surface area contributed by atoms with Gasteiger partial charge in [0.2, 0.25) is 0 Å². The highest BCUT2D eigenvalue weighted by molar-refractivity contribution is 4.93. The molecule has 4 nitrogen and oxygen atoms in total. The first-order chi connectivity index (χ1) is 16.4. The van der Waals surface area contributed by atoms with Crippen LogP contribution in [0.15, 0.2) is 0 Å². The van der Waals surface area contributed by atoms with Crippen molar-refractivity contribution in [2.45, 2.75) is 125 Å². The smallest absolute Gasteiger partial charge is 0.0833 e. The van der Waals surface area contributed by atoms with Crippen molar-refractivity contribution in [1.29, 1.82) is 0 Å². The Balaban J connectivity index is 0.000000299. The van der Waals surface area contributed by atoms with E-state index in [4.69, 9.17) is 4.74 Å². The van der Waals surface area contributed by atoms with E-state index in [-0.39, 0.29) is 5.60 Å². The molecule has 3 aliphatic heterocycles. The van der Waals surface area contributed by atoms with Crippen LogP contribution in [-0.4, -0.2) is 85.3 Å². The van der Waals surface area contributed by atoms with Crippen LogP contribution >= 0.6 is 0 Å². The number of piperidine rings is 2. The Morgan fingerprint density at radius 2 is 1.41 bits per heavy atom. The summed E-state index contributed by atoms with van der Waals surface area (Å²) >= 11 is 0. The summed E-state index contributed by atoms with van der Waals surface area (Å²) in [7, 11) is 0. The van der Waals surface area contributed by atoms with Crippen molar-refractivity contribution in [2.24, 2.45) is 11.3 Å². The van der Waals surface area contributed by atoms with Gasteiger partial charge in [0.05, 0.1) is 12.2 Å². The molecule has 1 saturated carbocycles. The van der Waals surface area contributed by atoms with Crippen LogP contribution < -0.4 is 0 Å². The minimum atomic E-state index is 0.175. The van der Waals surface area contributed by atoms with Crippen molar-refractivity contribution in [3.63, 3.8) is 0 Å². The summed E-state index contributed by atoms with van der Waals surface area (Å²) in [5.74, 6) is 1.01. The molecule has 0 aromatic carbocycles. The van der Waals surface area contributed by atoms with E-state index in [2.05, 4.69) is 49.3 Å². The molecule has 0 radical (unpaired) electrons. The molecule has 1 aliphatic carbocycles. The normalized spacial score (nSPS) is 26.8. The molecule has 3 saturated heterocycles. The second-order valence-electron chi connectivity index (χ2n) is 11.2. The van der Waals surface area contributed by atoms with Gasteiger partial charge in [-0.3, -0.25) is 4.90 Å². The molecule has 0 aromatic rings. The van der Waals surface area contributed by atoms with E-state index >= 15 is 0 Å². The molecule has 4 heteroatoms. The van der Waals surface area contributed by atoms with E-state index in [9.17, 15) is 0 Å². The number of hydrogen-bond acceptors (Lipinski definition) is 4. The third-order valence-electron chi connectivity index (χ3n) is 8.63. The lowest BCUT2D eigenvalue weighted by molar-refractivity contribution is -0.140. The Kier molecular flexibility index (Phi) is 15.5. The van der Waals surface area contributed by atoms with Crippen molar-refractivity contribution >= 4 is 0 Å². The molecule has 3 heterocycles. The predicted octanol–water partition coefficient (Wildman–Crippen LogP) is 6.93. The van der Waals surface area contributed by atoms with Gasteiger partial charge in [0, 0.05) is 32.2 Å². The summed E-state index contributed by atoms with van der Waals surface area (Å²) in [6.45, 7) is 30.4. The summed E-state index contributed by atoms with van der Waals surface area (Å²) in [6.07, 6.45) is 11.3. The molecule has 1 atom stereocenters. The summed E-state index contributed by atoms with van der Waals surface area (Å²) < 4.78 is 6.11. The molecule has 4 aliphatic rings. The van der Waals surface area contributed by atoms with Crippen LogP contribution in [0.3, 0.4) is 0 Å². The number of morpholine rings is 1. The Morgan fingerprint density at radius 1 is 0.824 bits per heavy atom. The van der Waals surface area contributed by atoms with Crippen molar-refractivity contribution in [2.75, 3.05) is 59.0 Å². The lowest BCUT2D eigenvalue weighted by Crippen LogP contribution is -2.58. The number of ether oxygens (including phenoxy) is 1. The lowest BCUT2D eigenvalue weighted by atomic mass is 9.76. The van der Waals surface area contributed by atoms with Crippen molar-refractivity contribution in [3.05, 3.63) is 0 Å². The topological polar surface area (TPSA) is 19.0 Å². The maximum Gasteiger partial charge on any atom is 0.0833 e. The van der Waals surface area contributed by atoms with E-state index < -0.39 is 0 Å². The second-order valence-corrected chi connectivity index (χ2v) is 11.2. The highest BCUT2D eigenvalue weighted by Crippen LogP contribution is 2.48. The Bertz CT molecular complexity index is 493. The van der Waals surface area contributed by atoms with Gasteiger partial charge in [-0.2, -0.15) is 0 Å². The van der Waals surface area contributed by atoms with Gasteiger partial charge in [-0.15, -0.1) is 0 Å². The fourth-order valence-corrected chi connectivity index (χ4v) is 6.41. The van der Waals surface area contributed by atoms with Crippen molar-refractivity contribution < 1.29 is 4.74 Å². The van der Waals surface area contributed by atoms with Gasteiger partial charge in [-0.1, -0.05) is 54.9 Å². The number of likely N-dealkylation sites (tertiary alicyclic amines) is 2. The zero-order valence-electron chi connectivity index (χ0n) is 24.9. The molecule has 1 unspecified atom stereocenters. The van der Waals surface area contributed by atoms with Crippen LogP contribution in [0.1, 0.15) is 114 Å². The Morgan fingerprint density at radius 3 is 1.88 bits per heavy atom. The summed E-state index contributed by atoms with van der Waals surface area (Å²) in [5.41, 5.74) is 0.956. The standard InChI is InChI=1S/C13H26N2O.C13H25N.2C2H6/c1-4-14-7-5-13(6-8-14)11-15(12(2)3)9-10-16-13;1-3-8-14-9-6-13(7-10-14)5-4-12(2)11-13;2*1-2/h12H,4-11H2,1-3H3;12H,3-11H2,1-2H3;2*1-2H3. The van der Waals surface area contributed by atoms with Crippen molar-refractivity contribution in [3.8, 4) is 0 Å². The number of hydrogen-bond donors (Lipinski definition) is 0. The van der Waals surface area contributed by atoms with Gasteiger partial charge in [0.1, 0.15) is 0 Å². The van der Waals surface area contributed by atoms with Gasteiger partial charge in [-0.25, -0.2) is 0 Å². The maximum atomic E-state index is 6.11. The van der Waals surface area contributed by atoms with Crippen LogP contribution in [0.5, 0.6) is 0 Å². The fourth-order valence-electron chi connectivity index (χ4n) is 6.41. The van der Waals surface area contributed by atoms with Gasteiger partial charge in [0.15, 0.2) is 0 Å². The molecular formula is C30H63N3O. The van der Waals surface area contributed by atoms with Crippen LogP contribution in [-0.2, 0) is 4.74 Å². The van der Waals surface area contributed by atoms with E-state index in [0.29, 0.717) is 6.04 Å². The molecule has 4 fully saturated rings. The second kappa shape index (κ2) is 16.6. The Labute approximate surface area is 215 Å². The average molecular weight is 482 g/mol. The molecular weight excluding hydrogens is 418 g/mol. The molecule has 204 valence electrons. The zero-order chi connectivity index (χ0) is 25.6. The molecule has 0 bridgehead atoms. The number of rotatable bonds is 4. The monoisotopic (exact) mass is 481 g/mol. The minimum absolute atomic E-state index is 0.175. The van der Waals surface area contributed by atoms with Crippen LogP contribution in [0.25, 0.3) is 0 Å². The molecule has 0 aromatic heterocycles. The van der Waals surface area contributed by atoms with E-state index in [1.165, 1.54) is 90.6 Å². The highest BCUT2D eigenvalue weighted by atomic mass is 16.5.